The minimum atomic E-state index is -1.28. The van der Waals surface area contributed by atoms with Gasteiger partial charge in [0.15, 0.2) is 0 Å². The third-order valence-electron chi connectivity index (χ3n) is 4.70. The van der Waals surface area contributed by atoms with Crippen molar-refractivity contribution < 1.29 is 29.0 Å². The molecule has 2 amide bonds. The fraction of sp³-hybridized carbons (Fsp3) is 0.261. The Morgan fingerprint density at radius 3 is 2.32 bits per heavy atom. The highest BCUT2D eigenvalue weighted by Gasteiger charge is 2.34. The molecule has 0 saturated heterocycles. The molecule has 0 spiro atoms. The van der Waals surface area contributed by atoms with Gasteiger partial charge in [-0.2, -0.15) is 0 Å². The van der Waals surface area contributed by atoms with E-state index in [1.54, 1.807) is 55.5 Å². The summed E-state index contributed by atoms with van der Waals surface area (Å²) in [5, 5.41) is 10.9. The van der Waals surface area contributed by atoms with E-state index in [9.17, 15) is 19.5 Å². The summed E-state index contributed by atoms with van der Waals surface area (Å²) in [6.45, 7) is 1.62. The van der Waals surface area contributed by atoms with Crippen LogP contribution in [0.25, 0.3) is 6.08 Å². The topological polar surface area (TPSA) is 93.1 Å². The highest BCUT2D eigenvalue weighted by atomic mass is 35.5. The van der Waals surface area contributed by atoms with Gasteiger partial charge in [-0.3, -0.25) is 14.5 Å². The van der Waals surface area contributed by atoms with E-state index in [2.05, 4.69) is 0 Å². The van der Waals surface area contributed by atoms with Crippen LogP contribution in [0.5, 0.6) is 0 Å². The standard InChI is InChI=1S/C23H22ClNO6/c1-2-31-23(29)18(13-15-7-3-6-10-19(15)24)20(26)14-30-12-11-25-21(27)16-8-4-5-9-17(16)22(25)28/h3-10,13,20,26H,2,11-12,14H2,1H3/b18-13+. The Labute approximate surface area is 184 Å². The molecule has 0 radical (unpaired) electrons. The Balaban J connectivity index is 1.61. The van der Waals surface area contributed by atoms with Crippen molar-refractivity contribution >= 4 is 35.5 Å². The third-order valence-corrected chi connectivity index (χ3v) is 5.04. The lowest BCUT2D eigenvalue weighted by molar-refractivity contribution is -0.140. The molecule has 162 valence electrons. The molecule has 1 N–H and O–H groups in total. The van der Waals surface area contributed by atoms with Crippen LogP contribution in [0.1, 0.15) is 33.2 Å². The Bertz CT molecular complexity index is 984. The van der Waals surface area contributed by atoms with E-state index in [1.807, 2.05) is 0 Å². The van der Waals surface area contributed by atoms with E-state index in [1.165, 1.54) is 6.08 Å². The van der Waals surface area contributed by atoms with Crippen molar-refractivity contribution in [2.24, 2.45) is 0 Å². The molecule has 3 rings (SSSR count). The van der Waals surface area contributed by atoms with Gasteiger partial charge in [0.05, 0.1) is 43.1 Å². The van der Waals surface area contributed by atoms with Crippen molar-refractivity contribution in [1.82, 2.24) is 4.90 Å². The first-order chi connectivity index (χ1) is 14.9. The summed E-state index contributed by atoms with van der Waals surface area (Å²) in [6.07, 6.45) is 0.177. The van der Waals surface area contributed by atoms with Gasteiger partial charge in [-0.25, -0.2) is 4.79 Å². The largest absolute Gasteiger partial charge is 0.463 e. The van der Waals surface area contributed by atoms with Gasteiger partial charge in [0, 0.05) is 5.02 Å². The van der Waals surface area contributed by atoms with Gasteiger partial charge in [-0.15, -0.1) is 0 Å². The van der Waals surface area contributed by atoms with E-state index in [0.29, 0.717) is 21.7 Å². The number of aliphatic hydroxyl groups excluding tert-OH is 1. The number of fused-ring (bicyclic) bond motifs is 1. The van der Waals surface area contributed by atoms with Crippen LogP contribution in [-0.2, 0) is 14.3 Å². The number of amides is 2. The summed E-state index contributed by atoms with van der Waals surface area (Å²) in [5.41, 5.74) is 1.27. The van der Waals surface area contributed by atoms with Crippen LogP contribution < -0.4 is 0 Å². The molecular formula is C23H22ClNO6. The number of nitrogens with zero attached hydrogens (tertiary/aromatic N) is 1. The number of carbonyl (C=O) groups is 3. The molecule has 8 heteroatoms. The number of ether oxygens (including phenoxy) is 2. The number of imide groups is 1. The van der Waals surface area contributed by atoms with Crippen molar-refractivity contribution in [3.8, 4) is 0 Å². The first kappa shape index (κ1) is 22.7. The van der Waals surface area contributed by atoms with Crippen LogP contribution in [0.2, 0.25) is 5.02 Å². The van der Waals surface area contributed by atoms with E-state index >= 15 is 0 Å². The van der Waals surface area contributed by atoms with Crippen molar-refractivity contribution in [2.75, 3.05) is 26.4 Å². The molecule has 31 heavy (non-hydrogen) atoms. The predicted octanol–water partition coefficient (Wildman–Crippen LogP) is 2.96. The molecule has 2 aromatic rings. The Morgan fingerprint density at radius 1 is 1.10 bits per heavy atom. The number of esters is 1. The van der Waals surface area contributed by atoms with Crippen molar-refractivity contribution in [3.05, 3.63) is 75.8 Å². The second-order valence-electron chi connectivity index (χ2n) is 6.74. The van der Waals surface area contributed by atoms with Crippen LogP contribution in [0.15, 0.2) is 54.1 Å². The lowest BCUT2D eigenvalue weighted by Crippen LogP contribution is -2.34. The molecule has 1 aliphatic heterocycles. The molecular weight excluding hydrogens is 422 g/mol. The second-order valence-corrected chi connectivity index (χ2v) is 7.15. The molecule has 0 aromatic heterocycles. The molecule has 7 nitrogen and oxygen atoms in total. The highest BCUT2D eigenvalue weighted by Crippen LogP contribution is 2.22. The Kier molecular flexibility index (Phi) is 7.57. The van der Waals surface area contributed by atoms with Crippen LogP contribution in [-0.4, -0.2) is 60.3 Å². The highest BCUT2D eigenvalue weighted by molar-refractivity contribution is 6.32. The summed E-state index contributed by atoms with van der Waals surface area (Å²) < 4.78 is 10.5. The van der Waals surface area contributed by atoms with Crippen molar-refractivity contribution in [1.29, 1.82) is 0 Å². The predicted molar refractivity (Wildman–Crippen MR) is 115 cm³/mol. The smallest absolute Gasteiger partial charge is 0.336 e. The SMILES string of the molecule is CCOC(=O)/C(=C/c1ccccc1Cl)C(O)COCCN1C(=O)c2ccccc2C1=O. The number of halogens is 1. The normalized spacial score (nSPS) is 14.5. The first-order valence-electron chi connectivity index (χ1n) is 9.78. The maximum atomic E-state index is 12.4. The monoisotopic (exact) mass is 443 g/mol. The summed E-state index contributed by atoms with van der Waals surface area (Å²) in [6, 6.07) is 13.5. The summed E-state index contributed by atoms with van der Waals surface area (Å²) in [4.78, 5) is 38.1. The van der Waals surface area contributed by atoms with Gasteiger partial charge in [0.25, 0.3) is 11.8 Å². The lowest BCUT2D eigenvalue weighted by atomic mass is 10.1. The Hall–Kier alpha value is -3.00. The maximum absolute atomic E-state index is 12.4. The van der Waals surface area contributed by atoms with Gasteiger partial charge in [-0.1, -0.05) is 41.9 Å². The second kappa shape index (κ2) is 10.3. The van der Waals surface area contributed by atoms with Crippen LogP contribution in [0.3, 0.4) is 0 Å². The van der Waals surface area contributed by atoms with Gasteiger partial charge in [0.1, 0.15) is 6.10 Å². The zero-order chi connectivity index (χ0) is 22.4. The fourth-order valence-electron chi connectivity index (χ4n) is 3.15. The minimum Gasteiger partial charge on any atom is -0.463 e. The number of hydrogen-bond acceptors (Lipinski definition) is 6. The van der Waals surface area contributed by atoms with E-state index in [-0.39, 0.29) is 43.8 Å². The molecule has 0 aliphatic carbocycles. The molecule has 1 aliphatic rings. The van der Waals surface area contributed by atoms with Crippen LogP contribution in [0, 0.1) is 0 Å². The number of hydrogen-bond donors (Lipinski definition) is 1. The maximum Gasteiger partial charge on any atom is 0.336 e. The molecule has 1 heterocycles. The zero-order valence-electron chi connectivity index (χ0n) is 16.9. The lowest BCUT2D eigenvalue weighted by Gasteiger charge is -2.17. The Morgan fingerprint density at radius 2 is 1.71 bits per heavy atom. The first-order valence-corrected chi connectivity index (χ1v) is 10.2. The average molecular weight is 444 g/mol. The third kappa shape index (κ3) is 5.19. The van der Waals surface area contributed by atoms with Crippen LogP contribution >= 0.6 is 11.6 Å². The summed E-state index contributed by atoms with van der Waals surface area (Å²) in [7, 11) is 0. The van der Waals surface area contributed by atoms with Gasteiger partial charge in [0.2, 0.25) is 0 Å². The molecule has 2 aromatic carbocycles. The number of carbonyl (C=O) groups excluding carboxylic acids is 3. The number of aliphatic hydroxyl groups is 1. The van der Waals surface area contributed by atoms with E-state index in [0.717, 1.165) is 4.90 Å². The van der Waals surface area contributed by atoms with Crippen molar-refractivity contribution in [2.45, 2.75) is 13.0 Å². The fourth-order valence-corrected chi connectivity index (χ4v) is 3.34. The minimum absolute atomic E-state index is 0.00400. The zero-order valence-corrected chi connectivity index (χ0v) is 17.7. The van der Waals surface area contributed by atoms with Crippen molar-refractivity contribution in [3.63, 3.8) is 0 Å². The number of rotatable bonds is 9. The van der Waals surface area contributed by atoms with E-state index in [4.69, 9.17) is 21.1 Å². The molecule has 0 bridgehead atoms. The molecule has 1 atom stereocenters. The van der Waals surface area contributed by atoms with Crippen LogP contribution in [0.4, 0.5) is 0 Å². The van der Waals surface area contributed by atoms with Gasteiger partial charge in [-0.05, 0) is 36.8 Å². The van der Waals surface area contributed by atoms with Gasteiger partial charge < -0.3 is 14.6 Å². The molecule has 0 saturated carbocycles. The van der Waals surface area contributed by atoms with E-state index < -0.39 is 12.1 Å². The van der Waals surface area contributed by atoms with Gasteiger partial charge >= 0.3 is 5.97 Å². The summed E-state index contributed by atoms with van der Waals surface area (Å²) in [5.74, 6) is -1.44. The average Bonchev–Trinajstić information content (AvgIpc) is 3.01. The molecule has 0 fully saturated rings. The quantitative estimate of drug-likeness (QED) is 0.277. The number of benzene rings is 2. The summed E-state index contributed by atoms with van der Waals surface area (Å²) >= 11 is 6.14. The molecule has 1 unspecified atom stereocenters.